The number of oxazole rings is 1. The molecule has 0 bridgehead atoms. The van der Waals surface area contributed by atoms with Crippen LogP contribution in [0.15, 0.2) is 39.8 Å². The minimum absolute atomic E-state index is 0.00252. The SMILES string of the molecule is Cn1cnnc1C1CN(C(=O)Cn2c(=O)oc3ccccc32)CC12CCC2. The van der Waals surface area contributed by atoms with Crippen LogP contribution in [0.25, 0.3) is 11.1 Å². The first kappa shape index (κ1) is 16.3. The fourth-order valence-corrected chi connectivity index (χ4v) is 4.66. The number of fused-ring (bicyclic) bond motifs is 1. The van der Waals surface area contributed by atoms with Crippen LogP contribution in [0.5, 0.6) is 0 Å². The standard InChI is InChI=1S/C19H21N5O3/c1-22-12-20-21-17(22)13-9-23(11-19(13)7-4-8-19)16(25)10-24-14-5-2-3-6-15(14)27-18(24)26/h2-3,5-6,12-13H,4,7-11H2,1H3. The van der Waals surface area contributed by atoms with E-state index in [4.69, 9.17) is 4.42 Å². The highest BCUT2D eigenvalue weighted by Gasteiger charge is 2.53. The molecule has 1 aliphatic heterocycles. The largest absolute Gasteiger partial charge is 0.420 e. The van der Waals surface area contributed by atoms with Gasteiger partial charge in [0, 0.05) is 26.1 Å². The van der Waals surface area contributed by atoms with Gasteiger partial charge in [0.15, 0.2) is 5.58 Å². The summed E-state index contributed by atoms with van der Waals surface area (Å²) in [5, 5.41) is 8.32. The quantitative estimate of drug-likeness (QED) is 0.701. The van der Waals surface area contributed by atoms with Gasteiger partial charge >= 0.3 is 5.76 Å². The molecule has 1 spiro atoms. The smallest absolute Gasteiger partial charge is 0.408 e. The number of rotatable bonds is 3. The number of carbonyl (C=O) groups is 1. The zero-order chi connectivity index (χ0) is 18.6. The maximum atomic E-state index is 13.0. The van der Waals surface area contributed by atoms with E-state index in [1.807, 2.05) is 28.6 Å². The summed E-state index contributed by atoms with van der Waals surface area (Å²) in [5.41, 5.74) is 1.25. The van der Waals surface area contributed by atoms with Crippen molar-refractivity contribution in [2.45, 2.75) is 31.7 Å². The number of hydrogen-bond acceptors (Lipinski definition) is 5. The van der Waals surface area contributed by atoms with Crippen molar-refractivity contribution in [3.8, 4) is 0 Å². The van der Waals surface area contributed by atoms with Crippen LogP contribution in [0.3, 0.4) is 0 Å². The van der Waals surface area contributed by atoms with Gasteiger partial charge in [0.05, 0.1) is 5.52 Å². The fraction of sp³-hybridized carbons (Fsp3) is 0.474. The topological polar surface area (TPSA) is 86.2 Å². The van der Waals surface area contributed by atoms with Gasteiger partial charge in [-0.05, 0) is 30.4 Å². The Bertz CT molecular complexity index is 1070. The zero-order valence-electron chi connectivity index (χ0n) is 15.2. The second-order valence-corrected chi connectivity index (χ2v) is 7.76. The van der Waals surface area contributed by atoms with Gasteiger partial charge in [-0.25, -0.2) is 4.79 Å². The van der Waals surface area contributed by atoms with E-state index in [9.17, 15) is 9.59 Å². The lowest BCUT2D eigenvalue weighted by atomic mass is 9.62. The summed E-state index contributed by atoms with van der Waals surface area (Å²) < 4.78 is 8.62. The van der Waals surface area contributed by atoms with Gasteiger partial charge in [-0.15, -0.1) is 10.2 Å². The second kappa shape index (κ2) is 5.80. The van der Waals surface area contributed by atoms with Crippen LogP contribution in [0.1, 0.15) is 31.0 Å². The molecule has 140 valence electrons. The molecule has 1 saturated carbocycles. The van der Waals surface area contributed by atoms with Gasteiger partial charge in [-0.3, -0.25) is 9.36 Å². The highest BCUT2D eigenvalue weighted by molar-refractivity contribution is 5.80. The fourth-order valence-electron chi connectivity index (χ4n) is 4.66. The Morgan fingerprint density at radius 2 is 2.15 bits per heavy atom. The average molecular weight is 367 g/mol. The maximum absolute atomic E-state index is 13.0. The van der Waals surface area contributed by atoms with E-state index in [0.717, 1.165) is 18.7 Å². The lowest BCUT2D eigenvalue weighted by Gasteiger charge is -2.42. The molecule has 27 heavy (non-hydrogen) atoms. The van der Waals surface area contributed by atoms with Crippen LogP contribution in [-0.4, -0.2) is 43.2 Å². The average Bonchev–Trinajstić information content (AvgIpc) is 3.30. The molecule has 2 aliphatic rings. The van der Waals surface area contributed by atoms with E-state index in [1.54, 1.807) is 18.5 Å². The Kier molecular flexibility index (Phi) is 3.50. The normalized spacial score (nSPS) is 21.1. The summed E-state index contributed by atoms with van der Waals surface area (Å²) in [5.74, 6) is 0.586. The van der Waals surface area contributed by atoms with Crippen LogP contribution in [0, 0.1) is 5.41 Å². The van der Waals surface area contributed by atoms with Gasteiger partial charge in [0.2, 0.25) is 5.91 Å². The maximum Gasteiger partial charge on any atom is 0.420 e. The molecule has 3 heterocycles. The van der Waals surface area contributed by atoms with Crippen LogP contribution in [-0.2, 0) is 18.4 Å². The third kappa shape index (κ3) is 2.43. The zero-order valence-corrected chi connectivity index (χ0v) is 15.2. The number of carbonyl (C=O) groups excluding carboxylic acids is 1. The first-order chi connectivity index (χ1) is 13.1. The van der Waals surface area contributed by atoms with Crippen LogP contribution in [0.2, 0.25) is 0 Å². The first-order valence-electron chi connectivity index (χ1n) is 9.27. The van der Waals surface area contributed by atoms with Crippen LogP contribution < -0.4 is 5.76 Å². The molecular formula is C19H21N5O3. The van der Waals surface area contributed by atoms with E-state index in [1.165, 1.54) is 11.0 Å². The molecule has 1 atom stereocenters. The molecule has 2 aromatic heterocycles. The van der Waals surface area contributed by atoms with E-state index >= 15 is 0 Å². The van der Waals surface area contributed by atoms with Crippen LogP contribution in [0.4, 0.5) is 0 Å². The molecule has 5 rings (SSSR count). The van der Waals surface area contributed by atoms with Crippen molar-refractivity contribution in [1.29, 1.82) is 0 Å². The molecular weight excluding hydrogens is 346 g/mol. The Morgan fingerprint density at radius 3 is 2.85 bits per heavy atom. The Balaban J connectivity index is 1.42. The third-order valence-corrected chi connectivity index (χ3v) is 6.28. The summed E-state index contributed by atoms with van der Waals surface area (Å²) >= 11 is 0. The summed E-state index contributed by atoms with van der Waals surface area (Å²) in [7, 11) is 1.95. The van der Waals surface area contributed by atoms with Crippen molar-refractivity contribution in [3.05, 3.63) is 47.0 Å². The van der Waals surface area contributed by atoms with E-state index in [2.05, 4.69) is 10.2 Å². The summed E-state index contributed by atoms with van der Waals surface area (Å²) in [6, 6.07) is 7.18. The van der Waals surface area contributed by atoms with Gasteiger partial charge in [-0.1, -0.05) is 18.6 Å². The third-order valence-electron chi connectivity index (χ3n) is 6.28. The molecule has 0 radical (unpaired) electrons. The second-order valence-electron chi connectivity index (χ2n) is 7.76. The van der Waals surface area contributed by atoms with E-state index in [0.29, 0.717) is 24.2 Å². The molecule has 8 nitrogen and oxygen atoms in total. The van der Waals surface area contributed by atoms with E-state index in [-0.39, 0.29) is 23.8 Å². The van der Waals surface area contributed by atoms with E-state index < -0.39 is 5.76 Å². The number of likely N-dealkylation sites (tertiary alicyclic amines) is 1. The summed E-state index contributed by atoms with van der Waals surface area (Å²) in [4.78, 5) is 27.1. The monoisotopic (exact) mass is 367 g/mol. The van der Waals surface area contributed by atoms with Crippen molar-refractivity contribution >= 4 is 17.0 Å². The number of nitrogens with zero attached hydrogens (tertiary/aromatic N) is 5. The highest BCUT2D eigenvalue weighted by Crippen LogP contribution is 2.55. The van der Waals surface area contributed by atoms with Crippen molar-refractivity contribution < 1.29 is 9.21 Å². The number of amides is 1. The number of hydrogen-bond donors (Lipinski definition) is 0. The van der Waals surface area contributed by atoms with Crippen molar-refractivity contribution in [2.75, 3.05) is 13.1 Å². The molecule has 2 fully saturated rings. The molecule has 3 aromatic rings. The number of aromatic nitrogens is 4. The van der Waals surface area contributed by atoms with Gasteiger partial charge in [0.1, 0.15) is 18.7 Å². The predicted molar refractivity (Wildman–Crippen MR) is 97.1 cm³/mol. The summed E-state index contributed by atoms with van der Waals surface area (Å²) in [6.45, 7) is 1.33. The van der Waals surface area contributed by atoms with Gasteiger partial charge < -0.3 is 13.9 Å². The first-order valence-corrected chi connectivity index (χ1v) is 9.27. The van der Waals surface area contributed by atoms with Crippen molar-refractivity contribution in [1.82, 2.24) is 24.2 Å². The van der Waals surface area contributed by atoms with Gasteiger partial charge in [-0.2, -0.15) is 0 Å². The number of aryl methyl sites for hydroxylation is 1. The number of benzene rings is 1. The minimum atomic E-state index is -0.494. The Labute approximate surface area is 155 Å². The molecule has 1 saturated heterocycles. The lowest BCUT2D eigenvalue weighted by Crippen LogP contribution is -2.39. The summed E-state index contributed by atoms with van der Waals surface area (Å²) in [6.07, 6.45) is 5.09. The molecule has 0 N–H and O–H groups in total. The van der Waals surface area contributed by atoms with Gasteiger partial charge in [0.25, 0.3) is 0 Å². The molecule has 1 aliphatic carbocycles. The minimum Gasteiger partial charge on any atom is -0.408 e. The Hall–Kier alpha value is -2.90. The predicted octanol–water partition coefficient (Wildman–Crippen LogP) is 1.52. The van der Waals surface area contributed by atoms with Crippen molar-refractivity contribution in [3.63, 3.8) is 0 Å². The Morgan fingerprint density at radius 1 is 1.33 bits per heavy atom. The molecule has 8 heteroatoms. The van der Waals surface area contributed by atoms with Crippen LogP contribution >= 0.6 is 0 Å². The molecule has 1 amide bonds. The molecule has 1 unspecified atom stereocenters. The van der Waals surface area contributed by atoms with Crippen molar-refractivity contribution in [2.24, 2.45) is 12.5 Å². The lowest BCUT2D eigenvalue weighted by molar-refractivity contribution is -0.131. The molecule has 1 aromatic carbocycles. The number of para-hydroxylation sites is 2. The highest BCUT2D eigenvalue weighted by atomic mass is 16.4.